The molecule has 0 aromatic carbocycles. The molecule has 9 nitrogen and oxygen atoms in total. The van der Waals surface area contributed by atoms with Crippen molar-refractivity contribution >= 4 is 23.6 Å². The summed E-state index contributed by atoms with van der Waals surface area (Å²) >= 11 is 0. The Morgan fingerprint density at radius 2 is 1.94 bits per heavy atom. The monoisotopic (exact) mass is 425 g/mol. The number of ketones is 1. The number of likely N-dealkylation sites (N-methyl/N-ethyl adjacent to an activating group) is 1. The van der Waals surface area contributed by atoms with Crippen molar-refractivity contribution in [1.82, 2.24) is 14.8 Å². The van der Waals surface area contributed by atoms with Crippen LogP contribution in [0.3, 0.4) is 0 Å². The number of aromatic nitrogens is 1. The fourth-order valence-electron chi connectivity index (χ4n) is 3.72. The van der Waals surface area contributed by atoms with E-state index < -0.39 is 23.8 Å². The smallest absolute Gasteiger partial charge is 0.341 e. The summed E-state index contributed by atoms with van der Waals surface area (Å²) in [5.41, 5.74) is 0.649. The highest BCUT2D eigenvalue weighted by Gasteiger charge is 2.35. The summed E-state index contributed by atoms with van der Waals surface area (Å²) in [5, 5.41) is 0. The Bertz CT molecular complexity index is 993. The zero-order valence-corrected chi connectivity index (χ0v) is 17.4. The van der Waals surface area contributed by atoms with E-state index in [4.69, 9.17) is 9.47 Å². The van der Waals surface area contributed by atoms with Gasteiger partial charge in [0.25, 0.3) is 11.8 Å². The molecule has 2 atom stereocenters. The summed E-state index contributed by atoms with van der Waals surface area (Å²) in [7, 11) is 2.88. The van der Waals surface area contributed by atoms with E-state index in [1.54, 1.807) is 35.1 Å². The second-order valence-electron chi connectivity index (χ2n) is 7.74. The van der Waals surface area contributed by atoms with Crippen LogP contribution >= 0.6 is 0 Å². The average Bonchev–Trinajstić information content (AvgIpc) is 3.05. The number of ether oxygens (including phenoxy) is 2. The Hall–Kier alpha value is -3.49. The molecule has 1 unspecified atom stereocenters. The molecule has 9 heteroatoms. The van der Waals surface area contributed by atoms with Crippen LogP contribution in [-0.4, -0.2) is 78.2 Å². The van der Waals surface area contributed by atoms with E-state index in [9.17, 15) is 19.2 Å². The molecule has 4 rings (SSSR count). The number of carbonyl (C=O) groups is 4. The van der Waals surface area contributed by atoms with Gasteiger partial charge in [-0.3, -0.25) is 19.4 Å². The van der Waals surface area contributed by atoms with Gasteiger partial charge in [-0.2, -0.15) is 0 Å². The number of pyridine rings is 1. The third-order valence-corrected chi connectivity index (χ3v) is 5.74. The second-order valence-corrected chi connectivity index (χ2v) is 7.74. The van der Waals surface area contributed by atoms with Crippen molar-refractivity contribution in [1.29, 1.82) is 0 Å². The summed E-state index contributed by atoms with van der Waals surface area (Å²) in [6.07, 6.45) is 5.16. The summed E-state index contributed by atoms with van der Waals surface area (Å²) in [6, 6.07) is 3.22. The lowest BCUT2D eigenvalue weighted by molar-refractivity contribution is -0.138. The van der Waals surface area contributed by atoms with E-state index in [0.29, 0.717) is 24.2 Å². The number of rotatable bonds is 5. The lowest BCUT2D eigenvalue weighted by Crippen LogP contribution is -2.42. The zero-order chi connectivity index (χ0) is 22.1. The molecule has 3 heterocycles. The number of nitrogens with zero attached hydrogens (tertiary/aromatic N) is 3. The lowest BCUT2D eigenvalue weighted by atomic mass is 9.87. The molecule has 0 spiro atoms. The number of amides is 2. The standard InChI is InChI=1S/C22H23N3O6/c1-24-9-6-18(21(24)28)31-14-10-15(19(26)16(11-14)22(29)30-2)13-4-5-17(23-12-13)20(27)25-7-3-8-25/h4-5,10-12,15,18H,3,6-9H2,1-2H3/t15?,18-/m0/s1. The Kier molecular flexibility index (Phi) is 5.58. The molecule has 1 aliphatic carbocycles. The maximum Gasteiger partial charge on any atom is 0.341 e. The molecule has 0 saturated carbocycles. The number of methoxy groups -OCH3 is 1. The fraction of sp³-hybridized carbons (Fsp3) is 0.409. The number of likely N-dealkylation sites (tertiary alicyclic amines) is 2. The third-order valence-electron chi connectivity index (χ3n) is 5.74. The van der Waals surface area contributed by atoms with Gasteiger partial charge in [-0.25, -0.2) is 4.79 Å². The first-order valence-corrected chi connectivity index (χ1v) is 10.1. The number of hydrogen-bond donors (Lipinski definition) is 0. The average molecular weight is 425 g/mol. The normalized spacial score (nSPS) is 23.2. The van der Waals surface area contributed by atoms with Crippen molar-refractivity contribution < 1.29 is 28.7 Å². The van der Waals surface area contributed by atoms with Gasteiger partial charge in [0.1, 0.15) is 17.0 Å². The van der Waals surface area contributed by atoms with Crippen LogP contribution in [0, 0.1) is 0 Å². The van der Waals surface area contributed by atoms with Gasteiger partial charge < -0.3 is 19.3 Å². The van der Waals surface area contributed by atoms with Gasteiger partial charge in [0.15, 0.2) is 11.9 Å². The van der Waals surface area contributed by atoms with Crippen LogP contribution in [0.5, 0.6) is 0 Å². The summed E-state index contributed by atoms with van der Waals surface area (Å²) in [5.74, 6) is -2.14. The molecule has 2 amide bonds. The molecule has 0 N–H and O–H groups in total. The zero-order valence-electron chi connectivity index (χ0n) is 17.4. The summed E-state index contributed by atoms with van der Waals surface area (Å²) < 4.78 is 10.6. The molecule has 162 valence electrons. The quantitative estimate of drug-likeness (QED) is 0.508. The number of carbonyl (C=O) groups excluding carboxylic acids is 4. The van der Waals surface area contributed by atoms with Gasteiger partial charge in [0, 0.05) is 39.3 Å². The van der Waals surface area contributed by atoms with Gasteiger partial charge in [0.2, 0.25) is 0 Å². The first kappa shape index (κ1) is 20.8. The molecule has 31 heavy (non-hydrogen) atoms. The summed E-state index contributed by atoms with van der Waals surface area (Å²) in [6.45, 7) is 2.01. The van der Waals surface area contributed by atoms with Gasteiger partial charge in [0.05, 0.1) is 13.0 Å². The van der Waals surface area contributed by atoms with E-state index in [-0.39, 0.29) is 23.1 Å². The number of allylic oxidation sites excluding steroid dienone is 2. The minimum absolute atomic E-state index is 0.147. The van der Waals surface area contributed by atoms with E-state index in [0.717, 1.165) is 19.5 Å². The van der Waals surface area contributed by atoms with E-state index in [2.05, 4.69) is 4.98 Å². The van der Waals surface area contributed by atoms with E-state index in [1.165, 1.54) is 19.4 Å². The number of esters is 1. The molecule has 2 aliphatic heterocycles. The van der Waals surface area contributed by atoms with Crippen molar-refractivity contribution in [2.24, 2.45) is 0 Å². The van der Waals surface area contributed by atoms with E-state index in [1.807, 2.05) is 0 Å². The van der Waals surface area contributed by atoms with Crippen molar-refractivity contribution in [3.05, 3.63) is 53.1 Å². The summed E-state index contributed by atoms with van der Waals surface area (Å²) in [4.78, 5) is 57.1. The van der Waals surface area contributed by atoms with Crippen LogP contribution in [0.2, 0.25) is 0 Å². The van der Waals surface area contributed by atoms with Crippen LogP contribution in [0.4, 0.5) is 0 Å². The fourth-order valence-corrected chi connectivity index (χ4v) is 3.72. The van der Waals surface area contributed by atoms with Crippen LogP contribution in [0.25, 0.3) is 0 Å². The van der Waals surface area contributed by atoms with Crippen LogP contribution in [-0.2, 0) is 23.9 Å². The first-order valence-electron chi connectivity index (χ1n) is 10.1. The molecule has 2 saturated heterocycles. The minimum atomic E-state index is -0.844. The van der Waals surface area contributed by atoms with Crippen molar-refractivity contribution in [2.45, 2.75) is 24.9 Å². The van der Waals surface area contributed by atoms with Crippen molar-refractivity contribution in [3.63, 3.8) is 0 Å². The van der Waals surface area contributed by atoms with Gasteiger partial charge in [-0.1, -0.05) is 6.07 Å². The topological polar surface area (TPSA) is 106 Å². The molecule has 1 aromatic rings. The first-order chi connectivity index (χ1) is 14.9. The highest BCUT2D eigenvalue weighted by Crippen LogP contribution is 2.31. The molecule has 0 radical (unpaired) electrons. The largest absolute Gasteiger partial charge is 0.481 e. The SMILES string of the molecule is COC(=O)C1=CC(O[C@H]2CCN(C)C2=O)=CC(c2ccc(C(=O)N3CCC3)nc2)C1=O. The Morgan fingerprint density at radius 3 is 2.48 bits per heavy atom. The van der Waals surface area contributed by atoms with Gasteiger partial charge >= 0.3 is 5.97 Å². The Balaban J connectivity index is 1.60. The maximum atomic E-state index is 13.0. The lowest BCUT2D eigenvalue weighted by Gasteiger charge is -2.30. The molecule has 2 fully saturated rings. The van der Waals surface area contributed by atoms with Crippen LogP contribution in [0.15, 0.2) is 41.8 Å². The highest BCUT2D eigenvalue weighted by atomic mass is 16.5. The van der Waals surface area contributed by atoms with Crippen LogP contribution in [0.1, 0.15) is 34.8 Å². The van der Waals surface area contributed by atoms with Crippen LogP contribution < -0.4 is 0 Å². The second kappa shape index (κ2) is 8.33. The molecule has 0 bridgehead atoms. The Labute approximate surface area is 179 Å². The number of hydrogen-bond acceptors (Lipinski definition) is 7. The van der Waals surface area contributed by atoms with Crippen molar-refractivity contribution in [3.8, 4) is 0 Å². The predicted octanol–water partition coefficient (Wildman–Crippen LogP) is 0.824. The molecule has 3 aliphatic rings. The molecular weight excluding hydrogens is 402 g/mol. The Morgan fingerprint density at radius 1 is 1.16 bits per heavy atom. The minimum Gasteiger partial charge on any atom is -0.481 e. The predicted molar refractivity (Wildman–Crippen MR) is 108 cm³/mol. The van der Waals surface area contributed by atoms with Gasteiger partial charge in [-0.05, 0) is 30.2 Å². The maximum absolute atomic E-state index is 13.0. The highest BCUT2D eigenvalue weighted by molar-refractivity contribution is 6.21. The van der Waals surface area contributed by atoms with Crippen molar-refractivity contribution in [2.75, 3.05) is 33.8 Å². The molecule has 1 aromatic heterocycles. The third kappa shape index (κ3) is 3.95. The molecular formula is C22H23N3O6. The number of Topliss-reactive ketones (excluding diaryl/α,β-unsaturated/α-hetero) is 1. The van der Waals surface area contributed by atoms with Gasteiger partial charge in [-0.15, -0.1) is 0 Å². The van der Waals surface area contributed by atoms with E-state index >= 15 is 0 Å².